The fraction of sp³-hybridized carbons (Fsp3) is 0.552. The van der Waals surface area contributed by atoms with Crippen LogP contribution in [-0.2, 0) is 16.6 Å². The fourth-order valence-corrected chi connectivity index (χ4v) is 6.00. The second-order valence-corrected chi connectivity index (χ2v) is 12.1. The van der Waals surface area contributed by atoms with Crippen molar-refractivity contribution in [2.24, 2.45) is 11.3 Å². The molecular formula is C29H38N2O2. The third-order valence-corrected chi connectivity index (χ3v) is 8.08. The molecule has 3 aliphatic heterocycles. The average Bonchev–Trinajstić information content (AvgIpc) is 3.02. The molecule has 2 aromatic carbocycles. The van der Waals surface area contributed by atoms with Gasteiger partial charge in [0.05, 0.1) is 6.04 Å². The summed E-state index contributed by atoms with van der Waals surface area (Å²) in [6.45, 7) is 14.4. The lowest BCUT2D eigenvalue weighted by molar-refractivity contribution is -0.0348. The Kier molecular flexibility index (Phi) is 5.55. The highest BCUT2D eigenvalue weighted by atomic mass is 16.6. The van der Waals surface area contributed by atoms with E-state index in [9.17, 15) is 4.79 Å². The number of alkyl carbamates (subject to hydrolysis) is 1. The van der Waals surface area contributed by atoms with Crippen LogP contribution in [0.2, 0.25) is 0 Å². The van der Waals surface area contributed by atoms with E-state index in [0.29, 0.717) is 5.92 Å². The van der Waals surface area contributed by atoms with Crippen LogP contribution < -0.4 is 5.32 Å². The van der Waals surface area contributed by atoms with Gasteiger partial charge in [-0.2, -0.15) is 0 Å². The van der Waals surface area contributed by atoms with Crippen molar-refractivity contribution >= 4 is 6.09 Å². The lowest BCUT2D eigenvalue weighted by Gasteiger charge is -2.44. The molecule has 1 amide bonds. The molecule has 4 aliphatic rings. The van der Waals surface area contributed by atoms with Crippen molar-refractivity contribution in [1.29, 1.82) is 0 Å². The molecule has 0 aromatic heterocycles. The van der Waals surface area contributed by atoms with Crippen molar-refractivity contribution < 1.29 is 9.53 Å². The summed E-state index contributed by atoms with van der Waals surface area (Å²) in [5, 5.41) is 3.24. The van der Waals surface area contributed by atoms with Gasteiger partial charge in [-0.25, -0.2) is 4.79 Å². The Morgan fingerprint density at radius 2 is 1.70 bits per heavy atom. The van der Waals surface area contributed by atoms with E-state index in [4.69, 9.17) is 4.74 Å². The van der Waals surface area contributed by atoms with E-state index in [1.165, 1.54) is 27.8 Å². The standard InChI is InChI=1S/C29H38N2O2/c1-28(2,3)23-9-6-19(7-10-23)21-8-11-24-22(16-21)17-29(4,5)26(24)30-27(32)33-25-18-31-14-12-20(25)13-15-31/h6-11,16,20,25-26H,12-15,17-18H2,1-5H3,(H,30,32)/t25-,26+/m1/s1. The van der Waals surface area contributed by atoms with E-state index in [0.717, 1.165) is 38.9 Å². The monoisotopic (exact) mass is 446 g/mol. The molecule has 2 aromatic rings. The maximum atomic E-state index is 12.9. The molecule has 0 spiro atoms. The van der Waals surface area contributed by atoms with E-state index in [1.807, 2.05) is 0 Å². The first-order chi connectivity index (χ1) is 15.6. The molecule has 176 valence electrons. The number of nitrogens with one attached hydrogen (secondary N) is 1. The molecular weight excluding hydrogens is 408 g/mol. The van der Waals surface area contributed by atoms with Crippen molar-refractivity contribution in [1.82, 2.24) is 10.2 Å². The molecule has 4 heteroatoms. The molecule has 4 nitrogen and oxygen atoms in total. The number of carbonyl (C=O) groups excluding carboxylic acids is 1. The Balaban J connectivity index is 1.31. The smallest absolute Gasteiger partial charge is 0.407 e. The van der Waals surface area contributed by atoms with Gasteiger partial charge in [-0.3, -0.25) is 4.90 Å². The summed E-state index contributed by atoms with van der Waals surface area (Å²) in [6.07, 6.45) is 3.02. The quantitative estimate of drug-likeness (QED) is 0.620. The van der Waals surface area contributed by atoms with Crippen LogP contribution in [0.5, 0.6) is 0 Å². The maximum Gasteiger partial charge on any atom is 0.407 e. The molecule has 1 N–H and O–H groups in total. The number of rotatable bonds is 3. The Hall–Kier alpha value is -2.33. The Bertz CT molecular complexity index is 1030. The first-order valence-corrected chi connectivity index (χ1v) is 12.5. The summed E-state index contributed by atoms with van der Waals surface area (Å²) in [7, 11) is 0. The van der Waals surface area contributed by atoms with Gasteiger partial charge in [-0.15, -0.1) is 0 Å². The average molecular weight is 447 g/mol. The SMILES string of the molecule is CC(C)(C)c1ccc(-c2ccc3c(c2)CC(C)(C)[C@H]3NC(=O)O[C@@H]2CN3CCC2CC3)cc1. The molecule has 3 saturated heterocycles. The van der Waals surface area contributed by atoms with Gasteiger partial charge in [0.2, 0.25) is 0 Å². The van der Waals surface area contributed by atoms with Gasteiger partial charge in [0.25, 0.3) is 0 Å². The predicted molar refractivity (Wildman–Crippen MR) is 133 cm³/mol. The summed E-state index contributed by atoms with van der Waals surface area (Å²) in [6, 6.07) is 15.6. The predicted octanol–water partition coefficient (Wildman–Crippen LogP) is 6.09. The fourth-order valence-electron chi connectivity index (χ4n) is 6.00. The summed E-state index contributed by atoms with van der Waals surface area (Å²) >= 11 is 0. The largest absolute Gasteiger partial charge is 0.445 e. The molecule has 33 heavy (non-hydrogen) atoms. The first-order valence-electron chi connectivity index (χ1n) is 12.5. The number of hydrogen-bond donors (Lipinski definition) is 1. The number of piperidine rings is 3. The molecule has 1 aliphatic carbocycles. The van der Waals surface area contributed by atoms with E-state index >= 15 is 0 Å². The van der Waals surface area contributed by atoms with E-state index in [1.54, 1.807) is 0 Å². The summed E-state index contributed by atoms with van der Waals surface area (Å²) in [5.74, 6) is 0.525. The lowest BCUT2D eigenvalue weighted by atomic mass is 9.85. The van der Waals surface area contributed by atoms with Crippen LogP contribution in [0, 0.1) is 11.3 Å². The van der Waals surface area contributed by atoms with Gasteiger partial charge in [0.1, 0.15) is 6.10 Å². The summed E-state index contributed by atoms with van der Waals surface area (Å²) in [5.41, 5.74) is 6.47. The second kappa shape index (κ2) is 8.16. The number of carbonyl (C=O) groups is 1. The van der Waals surface area contributed by atoms with Crippen molar-refractivity contribution in [3.05, 3.63) is 59.2 Å². The topological polar surface area (TPSA) is 41.6 Å². The first kappa shape index (κ1) is 22.5. The summed E-state index contributed by atoms with van der Waals surface area (Å²) in [4.78, 5) is 15.3. The number of ether oxygens (including phenoxy) is 1. The van der Waals surface area contributed by atoms with Crippen molar-refractivity contribution in [3.63, 3.8) is 0 Å². The molecule has 3 fully saturated rings. The normalized spacial score (nSPS) is 27.8. The molecule has 2 atom stereocenters. The maximum absolute atomic E-state index is 12.9. The second-order valence-electron chi connectivity index (χ2n) is 12.1. The van der Waals surface area contributed by atoms with Gasteiger partial charge in [-0.1, -0.05) is 77.1 Å². The molecule has 2 bridgehead atoms. The van der Waals surface area contributed by atoms with Crippen LogP contribution in [0.3, 0.4) is 0 Å². The number of benzene rings is 2. The van der Waals surface area contributed by atoms with Gasteiger partial charge < -0.3 is 10.1 Å². The van der Waals surface area contributed by atoms with Gasteiger partial charge in [0, 0.05) is 6.54 Å². The number of fused-ring (bicyclic) bond motifs is 4. The zero-order valence-electron chi connectivity index (χ0n) is 20.8. The Labute approximate surface area is 198 Å². The molecule has 3 heterocycles. The van der Waals surface area contributed by atoms with Crippen LogP contribution in [-0.4, -0.2) is 36.7 Å². The third-order valence-electron chi connectivity index (χ3n) is 8.08. The molecule has 0 radical (unpaired) electrons. The van der Waals surface area contributed by atoms with Crippen LogP contribution in [0.15, 0.2) is 42.5 Å². The highest BCUT2D eigenvalue weighted by Crippen LogP contribution is 2.46. The minimum Gasteiger partial charge on any atom is -0.445 e. The number of amides is 1. The summed E-state index contributed by atoms with van der Waals surface area (Å²) < 4.78 is 5.94. The van der Waals surface area contributed by atoms with Crippen molar-refractivity contribution in [2.75, 3.05) is 19.6 Å². The van der Waals surface area contributed by atoms with Crippen LogP contribution in [0.25, 0.3) is 11.1 Å². The van der Waals surface area contributed by atoms with Crippen molar-refractivity contribution in [3.8, 4) is 11.1 Å². The highest BCUT2D eigenvalue weighted by Gasteiger charge is 2.42. The van der Waals surface area contributed by atoms with E-state index < -0.39 is 0 Å². The van der Waals surface area contributed by atoms with Gasteiger partial charge >= 0.3 is 6.09 Å². The third kappa shape index (κ3) is 4.42. The van der Waals surface area contributed by atoms with Crippen LogP contribution >= 0.6 is 0 Å². The minimum atomic E-state index is -0.262. The minimum absolute atomic E-state index is 0.0293. The van der Waals surface area contributed by atoms with E-state index in [-0.39, 0.29) is 29.1 Å². The Morgan fingerprint density at radius 3 is 2.30 bits per heavy atom. The van der Waals surface area contributed by atoms with Crippen LogP contribution in [0.1, 0.15) is 70.2 Å². The zero-order valence-corrected chi connectivity index (χ0v) is 20.8. The molecule has 6 rings (SSSR count). The van der Waals surface area contributed by atoms with Gasteiger partial charge in [0.15, 0.2) is 0 Å². The van der Waals surface area contributed by atoms with Crippen LogP contribution in [0.4, 0.5) is 4.79 Å². The molecule has 0 unspecified atom stereocenters. The number of hydrogen-bond acceptors (Lipinski definition) is 3. The molecule has 0 saturated carbocycles. The number of nitrogens with zero attached hydrogens (tertiary/aromatic N) is 1. The zero-order chi connectivity index (χ0) is 23.4. The van der Waals surface area contributed by atoms with Gasteiger partial charge in [-0.05, 0) is 76.9 Å². The highest BCUT2D eigenvalue weighted by molar-refractivity contribution is 5.70. The Morgan fingerprint density at radius 1 is 1.03 bits per heavy atom. The van der Waals surface area contributed by atoms with E-state index in [2.05, 4.69) is 87.3 Å². The van der Waals surface area contributed by atoms with Crippen molar-refractivity contribution in [2.45, 2.75) is 71.4 Å². The lowest BCUT2D eigenvalue weighted by Crippen LogP contribution is -2.53.